The maximum atomic E-state index is 12.4. The number of hydrogen-bond acceptors (Lipinski definition) is 5. The van der Waals surface area contributed by atoms with E-state index in [2.05, 4.69) is 14.9 Å². The number of H-pyrrole nitrogens is 1. The highest BCUT2D eigenvalue weighted by molar-refractivity contribution is 7.89. The van der Waals surface area contributed by atoms with Gasteiger partial charge in [0.1, 0.15) is 12.4 Å². The van der Waals surface area contributed by atoms with E-state index in [9.17, 15) is 13.5 Å². The van der Waals surface area contributed by atoms with E-state index >= 15 is 0 Å². The second kappa shape index (κ2) is 5.14. The lowest BCUT2D eigenvalue weighted by Gasteiger charge is -2.11. The maximum Gasteiger partial charge on any atom is 0.260 e. The van der Waals surface area contributed by atoms with Gasteiger partial charge in [-0.25, -0.2) is 8.42 Å². The quantitative estimate of drug-likeness (QED) is 0.768. The van der Waals surface area contributed by atoms with E-state index < -0.39 is 22.7 Å². The van der Waals surface area contributed by atoms with Crippen LogP contribution in [0.3, 0.4) is 0 Å². The Bertz CT molecular complexity index is 769. The number of aliphatic hydroxyl groups excluding tert-OH is 1. The molecule has 1 unspecified atom stereocenters. The van der Waals surface area contributed by atoms with Gasteiger partial charge in [-0.1, -0.05) is 18.2 Å². The number of para-hydroxylation sites is 1. The molecule has 1 aromatic carbocycles. The number of sulfonamides is 1. The molecule has 3 N–H and O–H groups in total. The normalized spacial score (nSPS) is 17.5. The Morgan fingerprint density at radius 1 is 1.48 bits per heavy atom. The van der Waals surface area contributed by atoms with Gasteiger partial charge in [0.05, 0.1) is 12.6 Å². The van der Waals surface area contributed by atoms with Crippen molar-refractivity contribution in [2.75, 3.05) is 6.61 Å². The number of rotatable bonds is 4. The molecule has 0 fully saturated rings. The number of ether oxygens (including phenoxy) is 1. The number of aryl methyl sites for hydroxylation is 1. The molecule has 0 saturated heterocycles. The van der Waals surface area contributed by atoms with Gasteiger partial charge in [0, 0.05) is 16.8 Å². The predicted molar refractivity (Wildman–Crippen MR) is 74.2 cm³/mol. The summed E-state index contributed by atoms with van der Waals surface area (Å²) in [4.78, 5) is 0. The summed E-state index contributed by atoms with van der Waals surface area (Å²) < 4.78 is 32.9. The lowest BCUT2D eigenvalue weighted by Crippen LogP contribution is -2.30. The Hall–Kier alpha value is -1.90. The molecule has 1 aliphatic heterocycles. The summed E-state index contributed by atoms with van der Waals surface area (Å²) in [5.74, 6) is 0.672. The van der Waals surface area contributed by atoms with Gasteiger partial charge in [0.15, 0.2) is 5.03 Å². The lowest BCUT2D eigenvalue weighted by atomic mass is 10.1. The molecule has 1 atom stereocenters. The minimum Gasteiger partial charge on any atom is -0.491 e. The molecule has 1 aliphatic rings. The number of hydrogen-bond donors (Lipinski definition) is 3. The maximum absolute atomic E-state index is 12.4. The van der Waals surface area contributed by atoms with Gasteiger partial charge in [-0.05, 0) is 13.0 Å². The molecule has 0 bridgehead atoms. The monoisotopic (exact) mass is 309 g/mol. The zero-order valence-corrected chi connectivity index (χ0v) is 12.1. The highest BCUT2D eigenvalue weighted by atomic mass is 32.2. The summed E-state index contributed by atoms with van der Waals surface area (Å²) in [5.41, 5.74) is 1.59. The van der Waals surface area contributed by atoms with Crippen molar-refractivity contribution in [3.63, 3.8) is 0 Å². The van der Waals surface area contributed by atoms with Gasteiger partial charge in [-0.3, -0.25) is 5.10 Å². The minimum absolute atomic E-state index is 0.174. The average molecular weight is 309 g/mol. The van der Waals surface area contributed by atoms with Crippen LogP contribution >= 0.6 is 0 Å². The van der Waals surface area contributed by atoms with Crippen LogP contribution in [0.1, 0.15) is 22.9 Å². The van der Waals surface area contributed by atoms with E-state index in [1.807, 2.05) is 18.2 Å². The summed E-state index contributed by atoms with van der Waals surface area (Å²) in [6.07, 6.45) is 0. The second-order valence-corrected chi connectivity index (χ2v) is 6.44. The van der Waals surface area contributed by atoms with E-state index in [1.54, 1.807) is 13.0 Å². The van der Waals surface area contributed by atoms with Gasteiger partial charge >= 0.3 is 0 Å². The fraction of sp³-hybridized carbons (Fsp3) is 0.308. The van der Waals surface area contributed by atoms with Crippen molar-refractivity contribution < 1.29 is 18.3 Å². The van der Waals surface area contributed by atoms with E-state index in [0.29, 0.717) is 11.4 Å². The van der Waals surface area contributed by atoms with Gasteiger partial charge in [-0.2, -0.15) is 9.82 Å². The van der Waals surface area contributed by atoms with Crippen molar-refractivity contribution >= 4 is 10.0 Å². The summed E-state index contributed by atoms with van der Waals surface area (Å²) in [6.45, 7) is 1.50. The van der Waals surface area contributed by atoms with Crippen LogP contribution in [0.5, 0.6) is 5.75 Å². The Labute approximate surface area is 122 Å². The highest BCUT2D eigenvalue weighted by Crippen LogP contribution is 2.32. The van der Waals surface area contributed by atoms with Gasteiger partial charge in [0.25, 0.3) is 10.0 Å². The topological polar surface area (TPSA) is 104 Å². The second-order valence-electron chi connectivity index (χ2n) is 4.81. The summed E-state index contributed by atoms with van der Waals surface area (Å²) in [5, 5.41) is 15.5. The highest BCUT2D eigenvalue weighted by Gasteiger charge is 2.31. The third-order valence-corrected chi connectivity index (χ3v) is 4.89. The molecular weight excluding hydrogens is 294 g/mol. The molecule has 2 heterocycles. The first-order chi connectivity index (χ1) is 10.0. The van der Waals surface area contributed by atoms with Crippen LogP contribution in [0, 0.1) is 6.92 Å². The van der Waals surface area contributed by atoms with Crippen molar-refractivity contribution in [3.05, 3.63) is 41.1 Å². The van der Waals surface area contributed by atoms with Crippen LogP contribution in [0.4, 0.5) is 0 Å². The average Bonchev–Trinajstić information content (AvgIpc) is 3.03. The van der Waals surface area contributed by atoms with E-state index in [0.717, 1.165) is 5.56 Å². The third kappa shape index (κ3) is 2.41. The molecule has 0 radical (unpaired) electrons. The molecule has 3 rings (SSSR count). The SMILES string of the molecule is Cc1[nH]nc(S(=O)(=O)NC2COc3ccccc32)c1CO. The van der Waals surface area contributed by atoms with Crippen molar-refractivity contribution in [3.8, 4) is 5.75 Å². The molecule has 0 saturated carbocycles. The van der Waals surface area contributed by atoms with E-state index in [-0.39, 0.29) is 17.2 Å². The van der Waals surface area contributed by atoms with Crippen LogP contribution in [0.2, 0.25) is 0 Å². The number of nitrogens with one attached hydrogen (secondary N) is 2. The molecular formula is C13H15N3O4S. The molecule has 0 amide bonds. The predicted octanol–water partition coefficient (Wildman–Crippen LogP) is 0.622. The summed E-state index contributed by atoms with van der Waals surface area (Å²) in [7, 11) is -3.84. The molecule has 8 heteroatoms. The first-order valence-electron chi connectivity index (χ1n) is 6.41. The standard InChI is InChI=1S/C13H15N3O4S/c1-8-10(6-17)13(15-14-8)21(18,19)16-11-7-20-12-5-3-2-4-9(11)12/h2-5,11,16-17H,6-7H2,1H3,(H,14,15). The molecule has 112 valence electrons. The summed E-state index contributed by atoms with van der Waals surface area (Å²) >= 11 is 0. The van der Waals surface area contributed by atoms with Crippen molar-refractivity contribution in [2.24, 2.45) is 0 Å². The minimum atomic E-state index is -3.84. The van der Waals surface area contributed by atoms with E-state index in [4.69, 9.17) is 4.74 Å². The molecule has 7 nitrogen and oxygen atoms in total. The largest absolute Gasteiger partial charge is 0.491 e. The zero-order chi connectivity index (χ0) is 15.0. The zero-order valence-electron chi connectivity index (χ0n) is 11.3. The van der Waals surface area contributed by atoms with Crippen molar-refractivity contribution in [1.29, 1.82) is 0 Å². The Morgan fingerprint density at radius 2 is 2.24 bits per heavy atom. The van der Waals surface area contributed by atoms with Crippen LogP contribution in [0.15, 0.2) is 29.3 Å². The van der Waals surface area contributed by atoms with Crippen molar-refractivity contribution in [2.45, 2.75) is 24.6 Å². The molecule has 2 aromatic rings. The van der Waals surface area contributed by atoms with E-state index in [1.165, 1.54) is 0 Å². The van der Waals surface area contributed by atoms with Gasteiger partial charge < -0.3 is 9.84 Å². The Kier molecular flexibility index (Phi) is 3.44. The van der Waals surface area contributed by atoms with Crippen molar-refractivity contribution in [1.82, 2.24) is 14.9 Å². The number of benzene rings is 1. The molecule has 0 spiro atoms. The van der Waals surface area contributed by atoms with Crippen LogP contribution < -0.4 is 9.46 Å². The lowest BCUT2D eigenvalue weighted by molar-refractivity contribution is 0.277. The van der Waals surface area contributed by atoms with Crippen LogP contribution in [0.25, 0.3) is 0 Å². The first kappa shape index (κ1) is 14.1. The first-order valence-corrected chi connectivity index (χ1v) is 7.90. The van der Waals surface area contributed by atoms with Crippen LogP contribution in [-0.4, -0.2) is 30.3 Å². The molecule has 21 heavy (non-hydrogen) atoms. The smallest absolute Gasteiger partial charge is 0.260 e. The molecule has 0 aliphatic carbocycles. The number of aliphatic hydroxyl groups is 1. The Balaban J connectivity index is 1.91. The molecule has 1 aromatic heterocycles. The fourth-order valence-electron chi connectivity index (χ4n) is 2.34. The number of fused-ring (bicyclic) bond motifs is 1. The number of aromatic amines is 1. The number of nitrogens with zero attached hydrogens (tertiary/aromatic N) is 1. The fourth-order valence-corrected chi connectivity index (χ4v) is 3.73. The number of aromatic nitrogens is 2. The summed E-state index contributed by atoms with van der Waals surface area (Å²) in [6, 6.07) is 6.80. The van der Waals surface area contributed by atoms with Gasteiger partial charge in [-0.15, -0.1) is 0 Å². The Morgan fingerprint density at radius 3 is 3.00 bits per heavy atom. The third-order valence-electron chi connectivity index (χ3n) is 3.45. The van der Waals surface area contributed by atoms with Crippen LogP contribution in [-0.2, 0) is 16.6 Å². The van der Waals surface area contributed by atoms with Gasteiger partial charge in [0.2, 0.25) is 0 Å².